The number of hydrogen-bond donors (Lipinski definition) is 0. The van der Waals surface area contributed by atoms with E-state index in [1.807, 2.05) is 12.1 Å². The number of allylic oxidation sites excluding steroid dienone is 2. The number of benzene rings is 4. The minimum Gasteiger partial charge on any atom is -0.484 e. The van der Waals surface area contributed by atoms with E-state index in [9.17, 15) is 0 Å². The van der Waals surface area contributed by atoms with E-state index in [1.54, 1.807) is 0 Å². The van der Waals surface area contributed by atoms with Crippen molar-refractivity contribution in [3.05, 3.63) is 114 Å². The van der Waals surface area contributed by atoms with Crippen LogP contribution in [0.3, 0.4) is 0 Å². The van der Waals surface area contributed by atoms with Gasteiger partial charge in [0, 0.05) is 33.4 Å². The van der Waals surface area contributed by atoms with E-state index >= 15 is 0 Å². The number of ether oxygens (including phenoxy) is 1. The van der Waals surface area contributed by atoms with Gasteiger partial charge < -0.3 is 9.15 Å². The van der Waals surface area contributed by atoms with Crippen LogP contribution in [0.1, 0.15) is 37.8 Å². The second-order valence-corrected chi connectivity index (χ2v) is 10.9. The highest BCUT2D eigenvalue weighted by atomic mass is 16.5. The molecule has 0 fully saturated rings. The number of hydrogen-bond acceptors (Lipinski definition) is 2. The van der Waals surface area contributed by atoms with Crippen molar-refractivity contribution in [3.63, 3.8) is 0 Å². The second-order valence-electron chi connectivity index (χ2n) is 10.9. The molecule has 0 saturated heterocycles. The van der Waals surface area contributed by atoms with E-state index in [0.717, 1.165) is 38.8 Å². The van der Waals surface area contributed by atoms with E-state index in [-0.39, 0.29) is 17.4 Å². The van der Waals surface area contributed by atoms with Crippen LogP contribution in [0.5, 0.6) is 5.75 Å². The molecule has 2 nitrogen and oxygen atoms in total. The zero-order valence-corrected chi connectivity index (χ0v) is 20.8. The third-order valence-corrected chi connectivity index (χ3v) is 7.54. The molecular weight excluding hydrogens is 440 g/mol. The van der Waals surface area contributed by atoms with Crippen molar-refractivity contribution < 1.29 is 9.15 Å². The summed E-state index contributed by atoms with van der Waals surface area (Å²) in [5.74, 6) is 1.28. The summed E-state index contributed by atoms with van der Waals surface area (Å²) in [6, 6.07) is 28.0. The first-order chi connectivity index (χ1) is 17.5. The van der Waals surface area contributed by atoms with Gasteiger partial charge in [-0.1, -0.05) is 112 Å². The first-order valence-corrected chi connectivity index (χ1v) is 12.7. The fourth-order valence-corrected chi connectivity index (χ4v) is 6.05. The van der Waals surface area contributed by atoms with Gasteiger partial charge in [0.05, 0.1) is 0 Å². The minimum absolute atomic E-state index is 0.0664. The lowest BCUT2D eigenvalue weighted by Gasteiger charge is -2.27. The van der Waals surface area contributed by atoms with Gasteiger partial charge in [-0.05, 0) is 34.2 Å². The van der Waals surface area contributed by atoms with Crippen LogP contribution in [-0.4, -0.2) is 6.10 Å². The third-order valence-electron chi connectivity index (χ3n) is 7.54. The Morgan fingerprint density at radius 2 is 1.31 bits per heavy atom. The lowest BCUT2D eigenvalue weighted by atomic mass is 9.76. The predicted molar refractivity (Wildman–Crippen MR) is 149 cm³/mol. The quantitative estimate of drug-likeness (QED) is 0.258. The second kappa shape index (κ2) is 7.73. The third kappa shape index (κ3) is 3.10. The fraction of sp³-hybridized carbons (Fsp3) is 0.176. The molecule has 5 aromatic rings. The zero-order valence-electron chi connectivity index (χ0n) is 20.8. The Hall–Kier alpha value is -4.04. The van der Waals surface area contributed by atoms with Crippen LogP contribution in [0.2, 0.25) is 0 Å². The fourth-order valence-electron chi connectivity index (χ4n) is 6.05. The summed E-state index contributed by atoms with van der Waals surface area (Å²) in [6.07, 6.45) is 8.70. The van der Waals surface area contributed by atoms with E-state index in [4.69, 9.17) is 9.15 Å². The first-order valence-electron chi connectivity index (χ1n) is 12.7. The van der Waals surface area contributed by atoms with Crippen LogP contribution < -0.4 is 4.74 Å². The molecule has 2 atom stereocenters. The number of para-hydroxylation sites is 3. The Kier molecular flexibility index (Phi) is 4.56. The summed E-state index contributed by atoms with van der Waals surface area (Å²) >= 11 is 0. The average molecular weight is 469 g/mol. The van der Waals surface area contributed by atoms with E-state index < -0.39 is 0 Å². The molecule has 0 N–H and O–H groups in total. The molecule has 4 aromatic carbocycles. The molecule has 2 heteroatoms. The highest BCUT2D eigenvalue weighted by molar-refractivity contribution is 6.10. The van der Waals surface area contributed by atoms with E-state index in [0.29, 0.717) is 0 Å². The maximum absolute atomic E-state index is 6.56. The SMILES string of the molecule is CC(C)(C)c1c(-c2cccc3c2OC2C=CC=CC32)cccc1-c1cccc2c1oc1ccccc12. The molecule has 0 bridgehead atoms. The summed E-state index contributed by atoms with van der Waals surface area (Å²) in [7, 11) is 0. The lowest BCUT2D eigenvalue weighted by Crippen LogP contribution is -2.16. The van der Waals surface area contributed by atoms with Crippen molar-refractivity contribution in [1.29, 1.82) is 0 Å². The van der Waals surface area contributed by atoms with Gasteiger partial charge >= 0.3 is 0 Å². The molecule has 2 heterocycles. The molecule has 7 rings (SSSR count). The molecule has 0 saturated carbocycles. The number of rotatable bonds is 2. The molecule has 2 aliphatic rings. The summed E-state index contributed by atoms with van der Waals surface area (Å²) in [4.78, 5) is 0. The van der Waals surface area contributed by atoms with Crippen LogP contribution in [0.25, 0.3) is 44.2 Å². The highest BCUT2D eigenvalue weighted by Gasteiger charge is 2.35. The standard InChI is InChI=1S/C34H28O2/c1-34(2,3)31-23(27-17-9-15-25-21-11-4-6-19-29(21)35-32(25)27)13-8-14-24(31)28-18-10-16-26-22-12-5-7-20-30(22)36-33(26)28/h4-21,29H,1-3H3. The van der Waals surface area contributed by atoms with E-state index in [1.165, 1.54) is 22.3 Å². The van der Waals surface area contributed by atoms with Gasteiger partial charge in [0.25, 0.3) is 0 Å². The Balaban J connectivity index is 1.49. The molecular formula is C34H28O2. The van der Waals surface area contributed by atoms with Gasteiger partial charge in [-0.2, -0.15) is 0 Å². The topological polar surface area (TPSA) is 22.4 Å². The smallest absolute Gasteiger partial charge is 0.143 e. The van der Waals surface area contributed by atoms with Crippen LogP contribution in [0.4, 0.5) is 0 Å². The maximum atomic E-state index is 6.56. The van der Waals surface area contributed by atoms with E-state index in [2.05, 4.69) is 112 Å². The van der Waals surface area contributed by atoms with Crippen LogP contribution in [0.15, 0.2) is 108 Å². The van der Waals surface area contributed by atoms with Crippen molar-refractivity contribution in [2.24, 2.45) is 0 Å². The first kappa shape index (κ1) is 21.3. The molecule has 1 aromatic heterocycles. The number of fused-ring (bicyclic) bond motifs is 6. The normalized spacial score (nSPS) is 18.4. The highest BCUT2D eigenvalue weighted by Crippen LogP contribution is 2.50. The Bertz CT molecular complexity index is 1710. The predicted octanol–water partition coefficient (Wildman–Crippen LogP) is 9.19. The lowest BCUT2D eigenvalue weighted by molar-refractivity contribution is 0.270. The van der Waals surface area contributed by atoms with Crippen LogP contribution in [0, 0.1) is 0 Å². The molecule has 0 spiro atoms. The Morgan fingerprint density at radius 3 is 2.17 bits per heavy atom. The molecule has 0 radical (unpaired) electrons. The summed E-state index contributed by atoms with van der Waals surface area (Å²) < 4.78 is 13.0. The van der Waals surface area contributed by atoms with Crippen LogP contribution >= 0.6 is 0 Å². The average Bonchev–Trinajstić information content (AvgIpc) is 3.46. The largest absolute Gasteiger partial charge is 0.484 e. The van der Waals surface area contributed by atoms with Crippen molar-refractivity contribution in [2.75, 3.05) is 0 Å². The van der Waals surface area contributed by atoms with Gasteiger partial charge in [0.15, 0.2) is 0 Å². The summed E-state index contributed by atoms with van der Waals surface area (Å²) in [5, 5.41) is 2.31. The Labute approximate surface area is 211 Å². The minimum atomic E-state index is -0.103. The molecule has 36 heavy (non-hydrogen) atoms. The molecule has 176 valence electrons. The van der Waals surface area contributed by atoms with Crippen molar-refractivity contribution in [2.45, 2.75) is 38.2 Å². The van der Waals surface area contributed by atoms with Gasteiger partial charge in [-0.3, -0.25) is 0 Å². The molecule has 1 aliphatic carbocycles. The van der Waals surface area contributed by atoms with Gasteiger partial charge in [-0.25, -0.2) is 0 Å². The van der Waals surface area contributed by atoms with Gasteiger partial charge in [-0.15, -0.1) is 0 Å². The monoisotopic (exact) mass is 468 g/mol. The summed E-state index contributed by atoms with van der Waals surface area (Å²) in [5.41, 5.74) is 9.04. The van der Waals surface area contributed by atoms with Crippen molar-refractivity contribution in [1.82, 2.24) is 0 Å². The molecule has 1 aliphatic heterocycles. The van der Waals surface area contributed by atoms with Crippen molar-refractivity contribution >= 4 is 21.9 Å². The summed E-state index contributed by atoms with van der Waals surface area (Å²) in [6.45, 7) is 6.89. The van der Waals surface area contributed by atoms with Gasteiger partial charge in [0.2, 0.25) is 0 Å². The Morgan fingerprint density at radius 1 is 0.639 bits per heavy atom. The van der Waals surface area contributed by atoms with Crippen LogP contribution in [-0.2, 0) is 5.41 Å². The van der Waals surface area contributed by atoms with Gasteiger partial charge in [0.1, 0.15) is 23.0 Å². The molecule has 0 amide bonds. The number of furan rings is 1. The van der Waals surface area contributed by atoms with Crippen molar-refractivity contribution in [3.8, 4) is 28.0 Å². The maximum Gasteiger partial charge on any atom is 0.143 e. The zero-order chi connectivity index (χ0) is 24.4. The molecule has 2 unspecified atom stereocenters.